The third-order valence-corrected chi connectivity index (χ3v) is 4.13. The number of azo groups is 1. The van der Waals surface area contributed by atoms with Crippen molar-refractivity contribution >= 4 is 23.2 Å². The number of benzene rings is 2. The zero-order valence-electron chi connectivity index (χ0n) is 16.1. The quantitative estimate of drug-likeness (QED) is 0.332. The average Bonchev–Trinajstić information content (AvgIpc) is 2.70. The number of ether oxygens (including phenoxy) is 1. The Morgan fingerprint density at radius 3 is 2.07 bits per heavy atom. The molecule has 0 unspecified atom stereocenters. The van der Waals surface area contributed by atoms with Gasteiger partial charge < -0.3 is 4.74 Å². The molecule has 2 aromatic rings. The molecule has 5 heteroatoms. The van der Waals surface area contributed by atoms with Crippen LogP contribution in [0.25, 0.3) is 0 Å². The molecule has 1 amide bonds. The first-order chi connectivity index (χ1) is 13.3. The SMILES string of the molecule is CCCCCCCCCOC(=O)Nc1ccc(N=Nc2ccccc2)cc1. The van der Waals surface area contributed by atoms with Crippen LogP contribution in [0.1, 0.15) is 51.9 Å². The monoisotopic (exact) mass is 367 g/mol. The fourth-order valence-electron chi connectivity index (χ4n) is 2.60. The van der Waals surface area contributed by atoms with E-state index >= 15 is 0 Å². The second kappa shape index (κ2) is 12.6. The molecule has 0 saturated heterocycles. The Hall–Kier alpha value is -2.69. The predicted molar refractivity (Wildman–Crippen MR) is 110 cm³/mol. The Kier molecular flexibility index (Phi) is 9.64. The van der Waals surface area contributed by atoms with Crippen LogP contribution >= 0.6 is 0 Å². The molecule has 27 heavy (non-hydrogen) atoms. The lowest BCUT2D eigenvalue weighted by molar-refractivity contribution is 0.159. The van der Waals surface area contributed by atoms with E-state index < -0.39 is 6.09 Å². The third kappa shape index (κ3) is 8.99. The van der Waals surface area contributed by atoms with Gasteiger partial charge in [0.1, 0.15) is 0 Å². The summed E-state index contributed by atoms with van der Waals surface area (Å²) in [6.07, 6.45) is 7.97. The van der Waals surface area contributed by atoms with E-state index in [4.69, 9.17) is 4.74 Å². The van der Waals surface area contributed by atoms with Gasteiger partial charge in [-0.25, -0.2) is 4.79 Å². The summed E-state index contributed by atoms with van der Waals surface area (Å²) in [6.45, 7) is 2.68. The highest BCUT2D eigenvalue weighted by molar-refractivity contribution is 5.84. The summed E-state index contributed by atoms with van der Waals surface area (Å²) in [5.74, 6) is 0. The standard InChI is InChI=1S/C22H29N3O2/c1-2-3-4-5-6-7-11-18-27-22(26)23-19-14-16-21(17-15-19)25-24-20-12-9-8-10-13-20/h8-10,12-17H,2-7,11,18H2,1H3,(H,23,26). The van der Waals surface area contributed by atoms with Gasteiger partial charge in [-0.15, -0.1) is 0 Å². The van der Waals surface area contributed by atoms with E-state index in [9.17, 15) is 4.79 Å². The van der Waals surface area contributed by atoms with Crippen LogP contribution in [0.2, 0.25) is 0 Å². The molecule has 2 rings (SSSR count). The number of nitrogens with zero attached hydrogens (tertiary/aromatic N) is 2. The Labute approximate surface area is 161 Å². The van der Waals surface area contributed by atoms with Crippen LogP contribution in [0.15, 0.2) is 64.8 Å². The molecule has 0 atom stereocenters. The molecular formula is C22H29N3O2. The number of hydrogen-bond acceptors (Lipinski definition) is 4. The van der Waals surface area contributed by atoms with Crippen molar-refractivity contribution in [1.29, 1.82) is 0 Å². The van der Waals surface area contributed by atoms with Gasteiger partial charge in [0, 0.05) is 5.69 Å². The third-order valence-electron chi connectivity index (χ3n) is 4.13. The zero-order valence-corrected chi connectivity index (χ0v) is 16.1. The number of rotatable bonds is 11. The molecule has 0 saturated carbocycles. The van der Waals surface area contributed by atoms with E-state index in [0.29, 0.717) is 12.3 Å². The Morgan fingerprint density at radius 1 is 0.815 bits per heavy atom. The first-order valence-electron chi connectivity index (χ1n) is 9.78. The normalized spacial score (nSPS) is 10.9. The van der Waals surface area contributed by atoms with Gasteiger partial charge in [-0.1, -0.05) is 63.6 Å². The molecule has 0 aromatic heterocycles. The molecule has 0 bridgehead atoms. The highest BCUT2D eigenvalue weighted by Gasteiger charge is 2.03. The van der Waals surface area contributed by atoms with Crippen molar-refractivity contribution in [1.82, 2.24) is 0 Å². The van der Waals surface area contributed by atoms with E-state index in [1.54, 1.807) is 24.3 Å². The van der Waals surface area contributed by atoms with Crippen molar-refractivity contribution < 1.29 is 9.53 Å². The number of carbonyl (C=O) groups is 1. The van der Waals surface area contributed by atoms with E-state index in [0.717, 1.165) is 24.2 Å². The summed E-state index contributed by atoms with van der Waals surface area (Å²) in [5.41, 5.74) is 2.20. The summed E-state index contributed by atoms with van der Waals surface area (Å²) >= 11 is 0. The molecule has 1 N–H and O–H groups in total. The molecule has 0 aliphatic rings. The molecule has 144 valence electrons. The van der Waals surface area contributed by atoms with Gasteiger partial charge in [0.25, 0.3) is 0 Å². The summed E-state index contributed by atoms with van der Waals surface area (Å²) in [6, 6.07) is 16.7. The fourth-order valence-corrected chi connectivity index (χ4v) is 2.60. The number of amides is 1. The van der Waals surface area contributed by atoms with Crippen molar-refractivity contribution in [2.45, 2.75) is 51.9 Å². The van der Waals surface area contributed by atoms with E-state index in [-0.39, 0.29) is 0 Å². The number of hydrogen-bond donors (Lipinski definition) is 1. The lowest BCUT2D eigenvalue weighted by Gasteiger charge is -2.07. The van der Waals surface area contributed by atoms with E-state index in [1.165, 1.54) is 32.1 Å². The van der Waals surface area contributed by atoms with Crippen molar-refractivity contribution in [3.05, 3.63) is 54.6 Å². The van der Waals surface area contributed by atoms with Gasteiger partial charge in [0.15, 0.2) is 0 Å². The van der Waals surface area contributed by atoms with Crippen molar-refractivity contribution in [3.63, 3.8) is 0 Å². The van der Waals surface area contributed by atoms with Crippen LogP contribution in [-0.2, 0) is 4.74 Å². The topological polar surface area (TPSA) is 63.0 Å². The largest absolute Gasteiger partial charge is 0.449 e. The molecular weight excluding hydrogens is 338 g/mol. The van der Waals surface area contributed by atoms with Crippen LogP contribution in [0.3, 0.4) is 0 Å². The number of anilines is 1. The number of nitrogens with one attached hydrogen (secondary N) is 1. The molecule has 0 aliphatic carbocycles. The van der Waals surface area contributed by atoms with Crippen LogP contribution in [0.4, 0.5) is 21.9 Å². The zero-order chi connectivity index (χ0) is 19.2. The van der Waals surface area contributed by atoms with E-state index in [1.807, 2.05) is 30.3 Å². The van der Waals surface area contributed by atoms with Crippen molar-refractivity contribution in [2.24, 2.45) is 10.2 Å². The molecule has 0 fully saturated rings. The van der Waals surface area contributed by atoms with Crippen LogP contribution in [0, 0.1) is 0 Å². The smallest absolute Gasteiger partial charge is 0.411 e. The molecule has 2 aromatic carbocycles. The van der Waals surface area contributed by atoms with Crippen LogP contribution in [0.5, 0.6) is 0 Å². The second-order valence-electron chi connectivity index (χ2n) is 6.46. The lowest BCUT2D eigenvalue weighted by Crippen LogP contribution is -2.14. The van der Waals surface area contributed by atoms with Gasteiger partial charge >= 0.3 is 6.09 Å². The van der Waals surface area contributed by atoms with Gasteiger partial charge in [-0.3, -0.25) is 5.32 Å². The lowest BCUT2D eigenvalue weighted by atomic mass is 10.1. The first-order valence-corrected chi connectivity index (χ1v) is 9.78. The fraction of sp³-hybridized carbons (Fsp3) is 0.409. The van der Waals surface area contributed by atoms with Gasteiger partial charge in [-0.2, -0.15) is 10.2 Å². The number of unbranched alkanes of at least 4 members (excludes halogenated alkanes) is 6. The average molecular weight is 367 g/mol. The maximum atomic E-state index is 11.8. The van der Waals surface area contributed by atoms with Crippen LogP contribution < -0.4 is 5.32 Å². The molecule has 0 aliphatic heterocycles. The Balaban J connectivity index is 1.64. The summed E-state index contributed by atoms with van der Waals surface area (Å²) < 4.78 is 5.22. The summed E-state index contributed by atoms with van der Waals surface area (Å²) in [7, 11) is 0. The van der Waals surface area contributed by atoms with E-state index in [2.05, 4.69) is 22.5 Å². The second-order valence-corrected chi connectivity index (χ2v) is 6.46. The maximum Gasteiger partial charge on any atom is 0.411 e. The minimum atomic E-state index is -0.417. The van der Waals surface area contributed by atoms with Gasteiger partial charge in [-0.05, 0) is 42.8 Å². The molecule has 0 radical (unpaired) electrons. The van der Waals surface area contributed by atoms with Crippen LogP contribution in [-0.4, -0.2) is 12.7 Å². The van der Waals surface area contributed by atoms with Crippen molar-refractivity contribution in [3.8, 4) is 0 Å². The first kappa shape index (κ1) is 20.6. The highest BCUT2D eigenvalue weighted by atomic mass is 16.5. The minimum absolute atomic E-state index is 0.417. The van der Waals surface area contributed by atoms with Crippen molar-refractivity contribution in [2.75, 3.05) is 11.9 Å². The molecule has 0 spiro atoms. The predicted octanol–water partition coefficient (Wildman–Crippen LogP) is 7.40. The molecule has 5 nitrogen and oxygen atoms in total. The maximum absolute atomic E-state index is 11.8. The van der Waals surface area contributed by atoms with Gasteiger partial charge in [0.05, 0.1) is 18.0 Å². The Morgan fingerprint density at radius 2 is 1.41 bits per heavy atom. The molecule has 0 heterocycles. The number of carbonyl (C=O) groups excluding carboxylic acids is 1. The summed E-state index contributed by atoms with van der Waals surface area (Å²) in [4.78, 5) is 11.8. The van der Waals surface area contributed by atoms with Gasteiger partial charge in [0.2, 0.25) is 0 Å². The Bertz CT molecular complexity index is 684. The summed E-state index contributed by atoms with van der Waals surface area (Å²) in [5, 5.41) is 11.1. The minimum Gasteiger partial charge on any atom is -0.449 e. The highest BCUT2D eigenvalue weighted by Crippen LogP contribution is 2.20.